The minimum atomic E-state index is 0.854. The van der Waals surface area contributed by atoms with Crippen molar-refractivity contribution in [2.75, 3.05) is 42.9 Å². The summed E-state index contributed by atoms with van der Waals surface area (Å²) in [6, 6.07) is 0. The second-order valence-electron chi connectivity index (χ2n) is 4.74. The third-order valence-corrected chi connectivity index (χ3v) is 4.34. The van der Waals surface area contributed by atoms with Gasteiger partial charge in [0.1, 0.15) is 10.6 Å². The van der Waals surface area contributed by atoms with Crippen LogP contribution in [0, 0.1) is 6.92 Å². The number of thiophene rings is 1. The molecular weight excluding hydrogens is 258 g/mol. The van der Waals surface area contributed by atoms with Gasteiger partial charge in [0.05, 0.1) is 5.39 Å². The number of nitrogens with one attached hydrogen (secondary N) is 2. The van der Waals surface area contributed by atoms with Crippen LogP contribution in [0.25, 0.3) is 10.2 Å². The van der Waals surface area contributed by atoms with Crippen molar-refractivity contribution in [3.63, 3.8) is 0 Å². The van der Waals surface area contributed by atoms with E-state index in [-0.39, 0.29) is 0 Å². The van der Waals surface area contributed by atoms with E-state index in [0.29, 0.717) is 0 Å². The van der Waals surface area contributed by atoms with Crippen LogP contribution in [-0.2, 0) is 0 Å². The van der Waals surface area contributed by atoms with Crippen LogP contribution in [0.15, 0.2) is 5.38 Å². The Morgan fingerprint density at radius 2 is 2.16 bits per heavy atom. The van der Waals surface area contributed by atoms with Crippen LogP contribution in [0.2, 0.25) is 0 Å². The Morgan fingerprint density at radius 1 is 1.37 bits per heavy atom. The van der Waals surface area contributed by atoms with Crippen LogP contribution in [0.3, 0.4) is 0 Å². The van der Waals surface area contributed by atoms with Crippen LogP contribution < -0.4 is 15.5 Å². The molecule has 0 saturated carbocycles. The molecule has 3 heterocycles. The Kier molecular flexibility index (Phi) is 3.52. The topological polar surface area (TPSA) is 53.1 Å². The number of piperazine rings is 1. The van der Waals surface area contributed by atoms with Crippen molar-refractivity contribution in [2.45, 2.75) is 13.8 Å². The van der Waals surface area contributed by atoms with Gasteiger partial charge in [-0.1, -0.05) is 0 Å². The minimum Gasteiger partial charge on any atom is -0.370 e. The zero-order chi connectivity index (χ0) is 13.2. The van der Waals surface area contributed by atoms with Gasteiger partial charge in [-0.15, -0.1) is 11.3 Å². The highest BCUT2D eigenvalue weighted by Gasteiger charge is 2.17. The molecule has 0 atom stereocenters. The predicted molar refractivity (Wildman–Crippen MR) is 81.4 cm³/mol. The highest BCUT2D eigenvalue weighted by atomic mass is 32.1. The molecule has 0 bridgehead atoms. The van der Waals surface area contributed by atoms with E-state index in [2.05, 4.69) is 34.8 Å². The van der Waals surface area contributed by atoms with Crippen molar-refractivity contribution >= 4 is 33.3 Å². The number of aromatic nitrogens is 2. The first-order chi connectivity index (χ1) is 9.29. The molecule has 0 spiro atoms. The van der Waals surface area contributed by atoms with Crippen molar-refractivity contribution < 1.29 is 0 Å². The van der Waals surface area contributed by atoms with Crippen LogP contribution in [0.1, 0.15) is 12.5 Å². The van der Waals surface area contributed by atoms with E-state index in [1.165, 1.54) is 10.9 Å². The van der Waals surface area contributed by atoms with Gasteiger partial charge in [0.2, 0.25) is 5.95 Å². The Balaban J connectivity index is 2.05. The Labute approximate surface area is 117 Å². The molecule has 2 N–H and O–H groups in total. The summed E-state index contributed by atoms with van der Waals surface area (Å²) < 4.78 is 0. The third-order valence-electron chi connectivity index (χ3n) is 3.35. The summed E-state index contributed by atoms with van der Waals surface area (Å²) >= 11 is 1.70. The molecule has 0 amide bonds. The lowest BCUT2D eigenvalue weighted by molar-refractivity contribution is 0.581. The van der Waals surface area contributed by atoms with E-state index in [9.17, 15) is 0 Å². The first-order valence-electron chi connectivity index (χ1n) is 6.75. The molecule has 102 valence electrons. The molecule has 3 rings (SSSR count). The van der Waals surface area contributed by atoms with Gasteiger partial charge in [0.15, 0.2) is 0 Å². The fourth-order valence-electron chi connectivity index (χ4n) is 2.37. The maximum atomic E-state index is 4.73. The summed E-state index contributed by atoms with van der Waals surface area (Å²) in [5.74, 6) is 1.83. The zero-order valence-corrected chi connectivity index (χ0v) is 12.2. The van der Waals surface area contributed by atoms with E-state index < -0.39 is 0 Å². The van der Waals surface area contributed by atoms with Gasteiger partial charge in [-0.05, 0) is 24.8 Å². The first-order valence-corrected chi connectivity index (χ1v) is 7.63. The SMILES string of the molecule is CCNc1nc(N2CCNCC2)nc2scc(C)c12. The fraction of sp³-hybridized carbons (Fsp3) is 0.538. The largest absolute Gasteiger partial charge is 0.370 e. The highest BCUT2D eigenvalue weighted by molar-refractivity contribution is 7.17. The molecular formula is C13H19N5S. The number of aryl methyl sites for hydroxylation is 1. The standard InChI is InChI=1S/C13H19N5S/c1-3-15-11-10-9(2)8-19-12(10)17-13(16-11)18-6-4-14-5-7-18/h8,14H,3-7H2,1-2H3,(H,15,16,17). The van der Waals surface area contributed by atoms with Crippen molar-refractivity contribution in [2.24, 2.45) is 0 Å². The maximum absolute atomic E-state index is 4.73. The lowest BCUT2D eigenvalue weighted by atomic mass is 10.2. The molecule has 0 radical (unpaired) electrons. The van der Waals surface area contributed by atoms with Crippen LogP contribution in [-0.4, -0.2) is 42.7 Å². The van der Waals surface area contributed by atoms with Crippen molar-refractivity contribution in [1.82, 2.24) is 15.3 Å². The van der Waals surface area contributed by atoms with E-state index in [4.69, 9.17) is 9.97 Å². The van der Waals surface area contributed by atoms with E-state index >= 15 is 0 Å². The van der Waals surface area contributed by atoms with Gasteiger partial charge in [0, 0.05) is 32.7 Å². The molecule has 0 aliphatic carbocycles. The summed E-state index contributed by atoms with van der Waals surface area (Å²) in [7, 11) is 0. The van der Waals surface area contributed by atoms with E-state index in [1.54, 1.807) is 11.3 Å². The van der Waals surface area contributed by atoms with Crippen molar-refractivity contribution in [3.05, 3.63) is 10.9 Å². The molecule has 5 nitrogen and oxygen atoms in total. The normalized spacial score (nSPS) is 16.0. The number of fused-ring (bicyclic) bond motifs is 1. The Hall–Kier alpha value is -1.40. The molecule has 0 unspecified atom stereocenters. The number of rotatable bonds is 3. The summed E-state index contributed by atoms with van der Waals surface area (Å²) in [5, 5.41) is 10.1. The second kappa shape index (κ2) is 5.30. The molecule has 6 heteroatoms. The van der Waals surface area contributed by atoms with Crippen molar-refractivity contribution in [3.8, 4) is 0 Å². The molecule has 1 fully saturated rings. The smallest absolute Gasteiger partial charge is 0.228 e. The van der Waals surface area contributed by atoms with E-state index in [1.807, 2.05) is 0 Å². The van der Waals surface area contributed by atoms with Gasteiger partial charge in [-0.25, -0.2) is 4.98 Å². The summed E-state index contributed by atoms with van der Waals surface area (Å²) in [6.45, 7) is 9.04. The van der Waals surface area contributed by atoms with Gasteiger partial charge >= 0.3 is 0 Å². The molecule has 1 aliphatic rings. The fourth-order valence-corrected chi connectivity index (χ4v) is 3.29. The maximum Gasteiger partial charge on any atom is 0.228 e. The first kappa shape index (κ1) is 12.6. The highest BCUT2D eigenvalue weighted by Crippen LogP contribution is 2.31. The van der Waals surface area contributed by atoms with Crippen molar-refractivity contribution in [1.29, 1.82) is 0 Å². The Morgan fingerprint density at radius 3 is 2.89 bits per heavy atom. The lowest BCUT2D eigenvalue weighted by Gasteiger charge is -2.27. The molecule has 1 aliphatic heterocycles. The Bertz CT molecular complexity index is 574. The monoisotopic (exact) mass is 277 g/mol. The van der Waals surface area contributed by atoms with Gasteiger partial charge in [-0.3, -0.25) is 0 Å². The molecule has 2 aromatic rings. The number of anilines is 2. The average molecular weight is 277 g/mol. The molecule has 0 aromatic carbocycles. The van der Waals surface area contributed by atoms with Gasteiger partial charge in [-0.2, -0.15) is 4.98 Å². The minimum absolute atomic E-state index is 0.854. The lowest BCUT2D eigenvalue weighted by Crippen LogP contribution is -2.44. The van der Waals surface area contributed by atoms with Crippen LogP contribution in [0.5, 0.6) is 0 Å². The molecule has 1 saturated heterocycles. The molecule has 2 aromatic heterocycles. The zero-order valence-electron chi connectivity index (χ0n) is 11.4. The van der Waals surface area contributed by atoms with Crippen LogP contribution in [0.4, 0.5) is 11.8 Å². The van der Waals surface area contributed by atoms with E-state index in [0.717, 1.165) is 49.3 Å². The average Bonchev–Trinajstić information content (AvgIpc) is 2.82. The summed E-state index contributed by atoms with van der Waals surface area (Å²) in [4.78, 5) is 12.8. The summed E-state index contributed by atoms with van der Waals surface area (Å²) in [6.07, 6.45) is 0. The van der Waals surface area contributed by atoms with Gasteiger partial charge in [0.25, 0.3) is 0 Å². The predicted octanol–water partition coefficient (Wildman–Crippen LogP) is 1.84. The second-order valence-corrected chi connectivity index (χ2v) is 5.60. The number of hydrogen-bond acceptors (Lipinski definition) is 6. The third kappa shape index (κ3) is 2.37. The number of nitrogens with zero attached hydrogens (tertiary/aromatic N) is 3. The quantitative estimate of drug-likeness (QED) is 0.896. The summed E-state index contributed by atoms with van der Waals surface area (Å²) in [5.41, 5.74) is 1.25. The van der Waals surface area contributed by atoms with Gasteiger partial charge < -0.3 is 15.5 Å². The molecule has 19 heavy (non-hydrogen) atoms. The van der Waals surface area contributed by atoms with Crippen LogP contribution >= 0.6 is 11.3 Å². The number of hydrogen-bond donors (Lipinski definition) is 2.